The summed E-state index contributed by atoms with van der Waals surface area (Å²) in [6, 6.07) is 0.600. The molecule has 0 saturated carbocycles. The Morgan fingerprint density at radius 1 is 1.38 bits per heavy atom. The Hall–Kier alpha value is -0.880. The fourth-order valence-electron chi connectivity index (χ4n) is 2.76. The Morgan fingerprint density at radius 3 is 2.71 bits per heavy atom. The number of anilines is 1. The van der Waals surface area contributed by atoms with E-state index in [0.717, 1.165) is 51.0 Å². The van der Waals surface area contributed by atoms with Crippen LogP contribution in [-0.2, 0) is 6.54 Å². The molecule has 1 fully saturated rings. The van der Waals surface area contributed by atoms with E-state index < -0.39 is 0 Å². The molecular weight excluding hydrogens is 332 g/mol. The van der Waals surface area contributed by atoms with Crippen LogP contribution < -0.4 is 15.8 Å². The molecule has 1 aromatic heterocycles. The van der Waals surface area contributed by atoms with Gasteiger partial charge in [0, 0.05) is 25.7 Å². The molecule has 2 heterocycles. The number of aromatic nitrogens is 2. The number of nitrogens with zero attached hydrogens (tertiary/aromatic N) is 3. The zero-order valence-electron chi connectivity index (χ0n) is 12.9. The number of hydrogen-bond acceptors (Lipinski definition) is 4. The molecule has 0 bridgehead atoms. The smallest absolute Gasteiger partial charge is 0.283 e. The Labute approximate surface area is 134 Å². The van der Waals surface area contributed by atoms with Crippen molar-refractivity contribution in [3.8, 4) is 0 Å². The molecule has 1 saturated heterocycles. The van der Waals surface area contributed by atoms with Crippen molar-refractivity contribution < 1.29 is 0 Å². The summed E-state index contributed by atoms with van der Waals surface area (Å²) in [7, 11) is 0. The number of nitrogens with one attached hydrogen (secondary N) is 1. The Bertz CT molecular complexity index is 509. The molecule has 0 amide bonds. The molecule has 118 valence electrons. The van der Waals surface area contributed by atoms with E-state index in [1.165, 1.54) is 0 Å². The van der Waals surface area contributed by atoms with E-state index >= 15 is 0 Å². The third-order valence-electron chi connectivity index (χ3n) is 4.02. The quantitative estimate of drug-likeness (QED) is 0.849. The van der Waals surface area contributed by atoms with Gasteiger partial charge in [0.2, 0.25) is 0 Å². The number of hydrogen-bond donors (Lipinski definition) is 1. The molecule has 2 rings (SSSR count). The molecule has 21 heavy (non-hydrogen) atoms. The second-order valence-electron chi connectivity index (χ2n) is 5.54. The molecule has 0 atom stereocenters. The molecule has 6 heteroatoms. The van der Waals surface area contributed by atoms with Crippen LogP contribution in [0, 0.1) is 0 Å². The number of rotatable bonds is 6. The first kappa shape index (κ1) is 16.5. The van der Waals surface area contributed by atoms with Crippen LogP contribution in [0.2, 0.25) is 0 Å². The summed E-state index contributed by atoms with van der Waals surface area (Å²) in [6.45, 7) is 7.90. The maximum absolute atomic E-state index is 12.3. The van der Waals surface area contributed by atoms with E-state index in [9.17, 15) is 4.79 Å². The summed E-state index contributed by atoms with van der Waals surface area (Å²) in [4.78, 5) is 14.6. The standard InChI is InChI=1S/C15H25BrN4O/c1-3-5-8-20-15(21)14(16)13(11-18-20)19-9-6-12(7-10-19)17-4-2/h11-12,17H,3-10H2,1-2H3. The van der Waals surface area contributed by atoms with E-state index in [0.29, 0.717) is 17.1 Å². The summed E-state index contributed by atoms with van der Waals surface area (Å²) in [5.41, 5.74) is 0.914. The molecule has 0 aliphatic carbocycles. The van der Waals surface area contributed by atoms with Gasteiger partial charge >= 0.3 is 0 Å². The van der Waals surface area contributed by atoms with Gasteiger partial charge in [-0.1, -0.05) is 20.3 Å². The van der Waals surface area contributed by atoms with Gasteiger partial charge in [-0.2, -0.15) is 5.10 Å². The van der Waals surface area contributed by atoms with Gasteiger partial charge < -0.3 is 10.2 Å². The lowest BCUT2D eigenvalue weighted by atomic mass is 10.0. The topological polar surface area (TPSA) is 50.2 Å². The first-order valence-electron chi connectivity index (χ1n) is 7.91. The van der Waals surface area contributed by atoms with E-state index in [4.69, 9.17) is 0 Å². The van der Waals surface area contributed by atoms with Gasteiger partial charge in [-0.05, 0) is 41.7 Å². The van der Waals surface area contributed by atoms with Crippen LogP contribution in [0.3, 0.4) is 0 Å². The lowest BCUT2D eigenvalue weighted by molar-refractivity contribution is 0.422. The average molecular weight is 357 g/mol. The van der Waals surface area contributed by atoms with Crippen LogP contribution in [0.25, 0.3) is 0 Å². The third-order valence-corrected chi connectivity index (χ3v) is 4.76. The Kier molecular flexibility index (Phi) is 6.23. The zero-order valence-corrected chi connectivity index (χ0v) is 14.5. The van der Waals surface area contributed by atoms with Gasteiger partial charge in [-0.15, -0.1) is 0 Å². The normalized spacial score (nSPS) is 16.4. The minimum Gasteiger partial charge on any atom is -0.369 e. The number of piperidine rings is 1. The molecule has 0 unspecified atom stereocenters. The van der Waals surface area contributed by atoms with Crippen molar-refractivity contribution in [3.05, 3.63) is 21.0 Å². The molecule has 1 N–H and O–H groups in total. The summed E-state index contributed by atoms with van der Waals surface area (Å²) in [6.07, 6.45) is 6.09. The van der Waals surface area contributed by atoms with Crippen LogP contribution in [0.1, 0.15) is 39.5 Å². The van der Waals surface area contributed by atoms with Crippen molar-refractivity contribution in [2.75, 3.05) is 24.5 Å². The molecule has 0 spiro atoms. The lowest BCUT2D eigenvalue weighted by Crippen LogP contribution is -2.43. The van der Waals surface area contributed by atoms with Crippen LogP contribution in [0.15, 0.2) is 15.5 Å². The Balaban J connectivity index is 2.08. The van der Waals surface area contributed by atoms with Crippen molar-refractivity contribution in [1.29, 1.82) is 0 Å². The highest BCUT2D eigenvalue weighted by atomic mass is 79.9. The second-order valence-corrected chi connectivity index (χ2v) is 6.34. The van der Waals surface area contributed by atoms with E-state index in [2.05, 4.69) is 45.1 Å². The molecule has 0 radical (unpaired) electrons. The van der Waals surface area contributed by atoms with Crippen molar-refractivity contribution in [3.63, 3.8) is 0 Å². The molecule has 0 aromatic carbocycles. The Morgan fingerprint density at radius 2 is 2.10 bits per heavy atom. The highest BCUT2D eigenvalue weighted by molar-refractivity contribution is 9.10. The molecule has 1 aliphatic rings. The lowest BCUT2D eigenvalue weighted by Gasteiger charge is -2.34. The molecule has 1 aromatic rings. The van der Waals surface area contributed by atoms with Gasteiger partial charge in [0.15, 0.2) is 0 Å². The number of unbranched alkanes of at least 4 members (excludes halogenated alkanes) is 1. The molecular formula is C15H25BrN4O. The SMILES string of the molecule is CCCCn1ncc(N2CCC(NCC)CC2)c(Br)c1=O. The average Bonchev–Trinajstić information content (AvgIpc) is 2.50. The van der Waals surface area contributed by atoms with Crippen molar-refractivity contribution in [2.24, 2.45) is 0 Å². The summed E-state index contributed by atoms with van der Waals surface area (Å²) < 4.78 is 2.21. The zero-order chi connectivity index (χ0) is 15.2. The monoisotopic (exact) mass is 356 g/mol. The van der Waals surface area contributed by atoms with Gasteiger partial charge in [-0.3, -0.25) is 4.79 Å². The van der Waals surface area contributed by atoms with E-state index in [1.807, 2.05) is 6.20 Å². The van der Waals surface area contributed by atoms with Crippen molar-refractivity contribution in [1.82, 2.24) is 15.1 Å². The highest BCUT2D eigenvalue weighted by Gasteiger charge is 2.21. The minimum absolute atomic E-state index is 0.0187. The predicted molar refractivity (Wildman–Crippen MR) is 90.0 cm³/mol. The minimum atomic E-state index is -0.0187. The summed E-state index contributed by atoms with van der Waals surface area (Å²) >= 11 is 3.47. The number of halogens is 1. The fourth-order valence-corrected chi connectivity index (χ4v) is 3.32. The summed E-state index contributed by atoms with van der Waals surface area (Å²) in [5, 5.41) is 7.82. The molecule has 1 aliphatic heterocycles. The van der Waals surface area contributed by atoms with Crippen molar-refractivity contribution in [2.45, 2.75) is 52.1 Å². The van der Waals surface area contributed by atoms with Gasteiger partial charge in [0.1, 0.15) is 4.47 Å². The van der Waals surface area contributed by atoms with E-state index in [-0.39, 0.29) is 5.56 Å². The molecule has 5 nitrogen and oxygen atoms in total. The summed E-state index contributed by atoms with van der Waals surface area (Å²) in [5.74, 6) is 0. The third kappa shape index (κ3) is 4.07. The van der Waals surface area contributed by atoms with Crippen LogP contribution >= 0.6 is 15.9 Å². The second kappa shape index (κ2) is 7.94. The van der Waals surface area contributed by atoms with Gasteiger partial charge in [0.05, 0.1) is 11.9 Å². The van der Waals surface area contributed by atoms with E-state index in [1.54, 1.807) is 4.68 Å². The number of aryl methyl sites for hydroxylation is 1. The van der Waals surface area contributed by atoms with Crippen LogP contribution in [0.5, 0.6) is 0 Å². The fraction of sp³-hybridized carbons (Fsp3) is 0.733. The first-order valence-corrected chi connectivity index (χ1v) is 8.70. The van der Waals surface area contributed by atoms with Crippen LogP contribution in [0.4, 0.5) is 5.69 Å². The first-order chi connectivity index (χ1) is 10.2. The van der Waals surface area contributed by atoms with Crippen molar-refractivity contribution >= 4 is 21.6 Å². The van der Waals surface area contributed by atoms with Gasteiger partial charge in [-0.25, -0.2) is 4.68 Å². The largest absolute Gasteiger partial charge is 0.369 e. The predicted octanol–water partition coefficient (Wildman–Crippen LogP) is 2.38. The van der Waals surface area contributed by atoms with Gasteiger partial charge in [0.25, 0.3) is 5.56 Å². The highest BCUT2D eigenvalue weighted by Crippen LogP contribution is 2.25. The van der Waals surface area contributed by atoms with Crippen LogP contribution in [-0.4, -0.2) is 35.5 Å². The maximum Gasteiger partial charge on any atom is 0.283 e. The maximum atomic E-state index is 12.3.